The quantitative estimate of drug-likeness (QED) is 0.715. The largest absolute Gasteiger partial charge is 0.413 e. The number of nitrogens with zero attached hydrogens (tertiary/aromatic N) is 2. The van der Waals surface area contributed by atoms with Gasteiger partial charge in [0.2, 0.25) is 0 Å². The van der Waals surface area contributed by atoms with Gasteiger partial charge in [0.15, 0.2) is 5.43 Å². The van der Waals surface area contributed by atoms with Crippen molar-refractivity contribution in [1.29, 1.82) is 0 Å². The van der Waals surface area contributed by atoms with Gasteiger partial charge in [0.1, 0.15) is 17.4 Å². The normalized spacial score (nSPS) is 12.4. The standard InChI is InChI=1S/C16H16N2O4S/c1-3-21-18-14-7-5-4-6-13(14)15(19)9-16(18)23(20)10-12-8-11(2)22-17-12/h4-9H,3,10H2,1-2H3. The number of hydrogen-bond acceptors (Lipinski definition) is 5. The Morgan fingerprint density at radius 1 is 1.30 bits per heavy atom. The van der Waals surface area contributed by atoms with Crippen LogP contribution in [0.25, 0.3) is 10.9 Å². The third-order valence-corrected chi connectivity index (χ3v) is 4.60. The van der Waals surface area contributed by atoms with Crippen LogP contribution in [0.3, 0.4) is 0 Å². The Bertz CT molecular complexity index is 929. The van der Waals surface area contributed by atoms with Gasteiger partial charge < -0.3 is 9.36 Å². The minimum atomic E-state index is -1.48. The fourth-order valence-corrected chi connectivity index (χ4v) is 3.47. The van der Waals surface area contributed by atoms with Crippen molar-refractivity contribution in [1.82, 2.24) is 9.89 Å². The van der Waals surface area contributed by atoms with E-state index in [1.807, 2.05) is 13.0 Å². The molecule has 2 aromatic heterocycles. The molecule has 0 N–H and O–H groups in total. The zero-order valence-corrected chi connectivity index (χ0v) is 13.6. The van der Waals surface area contributed by atoms with Crippen LogP contribution in [0, 0.1) is 6.92 Å². The molecular weight excluding hydrogens is 316 g/mol. The number of hydrogen-bond donors (Lipinski definition) is 0. The first kappa shape index (κ1) is 15.5. The van der Waals surface area contributed by atoms with Crippen LogP contribution < -0.4 is 10.3 Å². The molecule has 0 radical (unpaired) electrons. The number of benzene rings is 1. The summed E-state index contributed by atoms with van der Waals surface area (Å²) in [6.07, 6.45) is 0. The molecule has 0 saturated heterocycles. The van der Waals surface area contributed by atoms with Gasteiger partial charge >= 0.3 is 0 Å². The second-order valence-corrected chi connectivity index (χ2v) is 6.39. The first-order valence-electron chi connectivity index (χ1n) is 7.19. The fourth-order valence-electron chi connectivity index (χ4n) is 2.34. The van der Waals surface area contributed by atoms with Gasteiger partial charge in [-0.2, -0.15) is 4.73 Å². The highest BCUT2D eigenvalue weighted by Gasteiger charge is 2.17. The van der Waals surface area contributed by atoms with E-state index < -0.39 is 10.8 Å². The SMILES string of the molecule is CCOn1c(S(=O)Cc2cc(C)on2)cc(=O)c2ccccc21. The van der Waals surface area contributed by atoms with Gasteiger partial charge in [-0.1, -0.05) is 17.3 Å². The second kappa shape index (κ2) is 6.37. The molecule has 0 aliphatic carbocycles. The molecular formula is C16H16N2O4S. The van der Waals surface area contributed by atoms with Crippen LogP contribution in [-0.4, -0.2) is 20.7 Å². The van der Waals surface area contributed by atoms with Gasteiger partial charge in [-0.15, -0.1) is 0 Å². The van der Waals surface area contributed by atoms with Crippen molar-refractivity contribution in [3.05, 3.63) is 58.1 Å². The predicted molar refractivity (Wildman–Crippen MR) is 86.7 cm³/mol. The summed E-state index contributed by atoms with van der Waals surface area (Å²) < 4.78 is 19.2. The molecule has 1 aromatic carbocycles. The van der Waals surface area contributed by atoms with Gasteiger partial charge in [-0.05, 0) is 26.0 Å². The van der Waals surface area contributed by atoms with Crippen molar-refractivity contribution in [2.45, 2.75) is 24.6 Å². The van der Waals surface area contributed by atoms with E-state index in [1.165, 1.54) is 10.8 Å². The van der Waals surface area contributed by atoms with Crippen LogP contribution in [-0.2, 0) is 16.6 Å². The van der Waals surface area contributed by atoms with Crippen molar-refractivity contribution in [2.24, 2.45) is 0 Å². The summed E-state index contributed by atoms with van der Waals surface area (Å²) >= 11 is 0. The smallest absolute Gasteiger partial charge is 0.190 e. The molecule has 0 aliphatic heterocycles. The summed E-state index contributed by atoms with van der Waals surface area (Å²) in [6.45, 7) is 3.99. The van der Waals surface area contributed by atoms with E-state index in [2.05, 4.69) is 5.16 Å². The first-order valence-corrected chi connectivity index (χ1v) is 8.50. The first-order chi connectivity index (χ1) is 11.1. The molecule has 0 saturated carbocycles. The molecule has 6 nitrogen and oxygen atoms in total. The Morgan fingerprint density at radius 2 is 2.09 bits per heavy atom. The molecule has 2 heterocycles. The average Bonchev–Trinajstić information content (AvgIpc) is 2.95. The molecule has 0 bridgehead atoms. The van der Waals surface area contributed by atoms with E-state index in [0.29, 0.717) is 34.0 Å². The van der Waals surface area contributed by atoms with E-state index in [4.69, 9.17) is 9.36 Å². The summed E-state index contributed by atoms with van der Waals surface area (Å²) in [5.41, 5.74) is 0.988. The molecule has 0 fully saturated rings. The van der Waals surface area contributed by atoms with Crippen molar-refractivity contribution in [2.75, 3.05) is 6.61 Å². The number of fused-ring (bicyclic) bond motifs is 1. The Morgan fingerprint density at radius 3 is 2.78 bits per heavy atom. The van der Waals surface area contributed by atoms with Gasteiger partial charge in [0.05, 0.1) is 27.8 Å². The number of para-hydroxylation sites is 1. The molecule has 0 amide bonds. The lowest BCUT2D eigenvalue weighted by molar-refractivity contribution is 0.111. The summed E-state index contributed by atoms with van der Waals surface area (Å²) in [4.78, 5) is 17.9. The number of pyridine rings is 1. The summed E-state index contributed by atoms with van der Waals surface area (Å²) in [6, 6.07) is 10.2. The molecule has 120 valence electrons. The lowest BCUT2D eigenvalue weighted by Crippen LogP contribution is -2.21. The second-order valence-electron chi connectivity index (χ2n) is 4.99. The molecule has 7 heteroatoms. The lowest BCUT2D eigenvalue weighted by atomic mass is 10.2. The fraction of sp³-hybridized carbons (Fsp3) is 0.250. The Balaban J connectivity index is 2.10. The third kappa shape index (κ3) is 3.05. The highest BCUT2D eigenvalue weighted by atomic mass is 32.2. The molecule has 23 heavy (non-hydrogen) atoms. The number of aryl methyl sites for hydroxylation is 1. The number of aromatic nitrogens is 2. The third-order valence-electron chi connectivity index (χ3n) is 3.29. The van der Waals surface area contributed by atoms with Crippen molar-refractivity contribution < 1.29 is 13.6 Å². The van der Waals surface area contributed by atoms with E-state index in [-0.39, 0.29) is 11.2 Å². The van der Waals surface area contributed by atoms with E-state index in [0.717, 1.165) is 0 Å². The van der Waals surface area contributed by atoms with Crippen LogP contribution in [0.4, 0.5) is 0 Å². The predicted octanol–water partition coefficient (Wildman–Crippen LogP) is 2.05. The zero-order valence-electron chi connectivity index (χ0n) is 12.8. The van der Waals surface area contributed by atoms with E-state index in [1.54, 1.807) is 31.2 Å². The van der Waals surface area contributed by atoms with Crippen LogP contribution >= 0.6 is 0 Å². The summed E-state index contributed by atoms with van der Waals surface area (Å²) in [5, 5.41) is 4.69. The molecule has 1 unspecified atom stereocenters. The maximum atomic E-state index is 12.7. The highest BCUT2D eigenvalue weighted by Crippen LogP contribution is 2.17. The van der Waals surface area contributed by atoms with Crippen LogP contribution in [0.15, 0.2) is 50.7 Å². The van der Waals surface area contributed by atoms with Crippen LogP contribution in [0.1, 0.15) is 18.4 Å². The average molecular weight is 332 g/mol. The monoisotopic (exact) mass is 332 g/mol. The molecule has 0 aliphatic rings. The van der Waals surface area contributed by atoms with E-state index >= 15 is 0 Å². The van der Waals surface area contributed by atoms with Gasteiger partial charge in [0, 0.05) is 17.5 Å². The molecule has 3 aromatic rings. The molecule has 1 atom stereocenters. The van der Waals surface area contributed by atoms with Gasteiger partial charge in [-0.3, -0.25) is 9.00 Å². The molecule has 3 rings (SSSR count). The summed E-state index contributed by atoms with van der Waals surface area (Å²) in [7, 11) is -1.48. The minimum Gasteiger partial charge on any atom is -0.413 e. The van der Waals surface area contributed by atoms with Gasteiger partial charge in [-0.25, -0.2) is 0 Å². The maximum absolute atomic E-state index is 12.7. The highest BCUT2D eigenvalue weighted by molar-refractivity contribution is 7.84. The van der Waals surface area contributed by atoms with Crippen LogP contribution in [0.5, 0.6) is 0 Å². The zero-order chi connectivity index (χ0) is 16.4. The Kier molecular flexibility index (Phi) is 4.29. The lowest BCUT2D eigenvalue weighted by Gasteiger charge is -2.15. The van der Waals surface area contributed by atoms with Gasteiger partial charge in [0.25, 0.3) is 0 Å². The molecule has 0 spiro atoms. The topological polar surface area (TPSA) is 74.3 Å². The maximum Gasteiger partial charge on any atom is 0.190 e. The Labute approximate surface area is 135 Å². The van der Waals surface area contributed by atoms with E-state index in [9.17, 15) is 9.00 Å². The van der Waals surface area contributed by atoms with Crippen molar-refractivity contribution in [3.63, 3.8) is 0 Å². The van der Waals surface area contributed by atoms with Crippen molar-refractivity contribution in [3.8, 4) is 0 Å². The van der Waals surface area contributed by atoms with Crippen molar-refractivity contribution >= 4 is 21.7 Å². The Hall–Kier alpha value is -2.41. The summed E-state index contributed by atoms with van der Waals surface area (Å²) in [5.74, 6) is 0.806. The van der Waals surface area contributed by atoms with Crippen LogP contribution in [0.2, 0.25) is 0 Å². The minimum absolute atomic E-state index is 0.155. The number of rotatable bonds is 5.